The number of unbranched alkanes of at least 4 members (excludes halogenated alkanes) is 1. The number of carbonyl (C=O) groups excluding carboxylic acids is 1. The number of fused-ring (bicyclic) bond motifs is 1. The zero-order valence-electron chi connectivity index (χ0n) is 15.6. The van der Waals surface area contributed by atoms with Gasteiger partial charge >= 0.3 is 0 Å². The summed E-state index contributed by atoms with van der Waals surface area (Å²) in [6.45, 7) is 2.60. The van der Waals surface area contributed by atoms with E-state index in [4.69, 9.17) is 5.73 Å². The molecule has 27 heavy (non-hydrogen) atoms. The smallest absolute Gasteiger partial charge is 0.252 e. The maximum absolute atomic E-state index is 12.8. The van der Waals surface area contributed by atoms with Gasteiger partial charge in [0, 0.05) is 35.6 Å². The van der Waals surface area contributed by atoms with E-state index < -0.39 is 0 Å². The summed E-state index contributed by atoms with van der Waals surface area (Å²) >= 11 is 1.63. The van der Waals surface area contributed by atoms with Gasteiger partial charge in [0.05, 0.1) is 11.3 Å². The number of benzene rings is 1. The molecule has 0 aliphatic carbocycles. The molecule has 1 amide bonds. The van der Waals surface area contributed by atoms with Gasteiger partial charge < -0.3 is 15.5 Å². The molecule has 2 heterocycles. The minimum atomic E-state index is -0.0559. The average molecular weight is 383 g/mol. The van der Waals surface area contributed by atoms with Crippen LogP contribution in [0.3, 0.4) is 0 Å². The molecular formula is C21H26N4OS. The third kappa shape index (κ3) is 5.11. The van der Waals surface area contributed by atoms with Crippen molar-refractivity contribution in [2.45, 2.75) is 42.9 Å². The molecule has 0 spiro atoms. The Balaban J connectivity index is 1.68. The number of pyridine rings is 1. The van der Waals surface area contributed by atoms with Crippen molar-refractivity contribution < 1.29 is 4.79 Å². The molecule has 3 aromatic rings. The third-order valence-corrected chi connectivity index (χ3v) is 5.55. The SMILES string of the molecule is CCCCC(CN)NC(=O)c1ccccc1SCc1cn2ccccc2n1. The second-order valence-electron chi connectivity index (χ2n) is 6.53. The summed E-state index contributed by atoms with van der Waals surface area (Å²) in [5, 5.41) is 3.08. The predicted octanol–water partition coefficient (Wildman–Crippen LogP) is 3.87. The van der Waals surface area contributed by atoms with Crippen LogP contribution < -0.4 is 11.1 Å². The molecule has 2 aromatic heterocycles. The van der Waals surface area contributed by atoms with Crippen molar-refractivity contribution in [3.05, 3.63) is 66.1 Å². The average Bonchev–Trinajstić information content (AvgIpc) is 3.12. The highest BCUT2D eigenvalue weighted by atomic mass is 32.2. The van der Waals surface area contributed by atoms with Crippen molar-refractivity contribution in [3.8, 4) is 0 Å². The Morgan fingerprint density at radius 2 is 2.07 bits per heavy atom. The molecule has 0 saturated heterocycles. The summed E-state index contributed by atoms with van der Waals surface area (Å²) in [4.78, 5) is 18.3. The zero-order chi connectivity index (χ0) is 19.1. The van der Waals surface area contributed by atoms with Crippen molar-refractivity contribution in [2.75, 3.05) is 6.54 Å². The predicted molar refractivity (Wildman–Crippen MR) is 111 cm³/mol. The second kappa shape index (κ2) is 9.58. The van der Waals surface area contributed by atoms with Gasteiger partial charge in [0.15, 0.2) is 0 Å². The molecule has 1 aromatic carbocycles. The Kier molecular flexibility index (Phi) is 6.90. The van der Waals surface area contributed by atoms with Gasteiger partial charge in [-0.15, -0.1) is 11.8 Å². The van der Waals surface area contributed by atoms with E-state index in [1.165, 1.54) is 0 Å². The highest BCUT2D eigenvalue weighted by Crippen LogP contribution is 2.26. The van der Waals surface area contributed by atoms with Gasteiger partial charge in [-0.3, -0.25) is 4.79 Å². The Hall–Kier alpha value is -2.31. The molecule has 3 rings (SSSR count). The van der Waals surface area contributed by atoms with E-state index in [1.54, 1.807) is 11.8 Å². The number of aromatic nitrogens is 2. The number of thioether (sulfide) groups is 1. The number of hydrogen-bond acceptors (Lipinski definition) is 4. The Morgan fingerprint density at radius 3 is 2.85 bits per heavy atom. The monoisotopic (exact) mass is 382 g/mol. The number of rotatable bonds is 9. The molecule has 1 unspecified atom stereocenters. The number of nitrogens with two attached hydrogens (primary N) is 1. The maximum Gasteiger partial charge on any atom is 0.252 e. The lowest BCUT2D eigenvalue weighted by Crippen LogP contribution is -2.40. The van der Waals surface area contributed by atoms with Crippen LogP contribution in [0.4, 0.5) is 0 Å². The lowest BCUT2D eigenvalue weighted by atomic mass is 10.1. The zero-order valence-corrected chi connectivity index (χ0v) is 16.4. The fourth-order valence-corrected chi connectivity index (χ4v) is 3.88. The first-order valence-corrected chi connectivity index (χ1v) is 10.3. The van der Waals surface area contributed by atoms with Crippen LogP contribution in [0.25, 0.3) is 5.65 Å². The third-order valence-electron chi connectivity index (χ3n) is 4.45. The molecule has 3 N–H and O–H groups in total. The first-order chi connectivity index (χ1) is 13.2. The molecule has 6 heteroatoms. The summed E-state index contributed by atoms with van der Waals surface area (Å²) < 4.78 is 2.01. The Morgan fingerprint density at radius 1 is 1.26 bits per heavy atom. The van der Waals surface area contributed by atoms with Gasteiger partial charge in [-0.05, 0) is 30.7 Å². The minimum absolute atomic E-state index is 0.0222. The standard InChI is InChI=1S/C21H26N4OS/c1-2-3-8-16(13-22)24-21(26)18-9-4-5-10-19(18)27-15-17-14-25-12-7-6-11-20(25)23-17/h4-7,9-12,14,16H,2-3,8,13,15,22H2,1H3,(H,24,26). The number of nitrogens with zero attached hydrogens (tertiary/aromatic N) is 2. The van der Waals surface area contributed by atoms with Crippen LogP contribution in [0.5, 0.6) is 0 Å². The molecule has 0 saturated carbocycles. The van der Waals surface area contributed by atoms with Crippen LogP contribution >= 0.6 is 11.8 Å². The van der Waals surface area contributed by atoms with Crippen LogP contribution in [-0.2, 0) is 5.75 Å². The van der Waals surface area contributed by atoms with E-state index in [0.29, 0.717) is 17.9 Å². The fraction of sp³-hybridized carbons (Fsp3) is 0.333. The summed E-state index contributed by atoms with van der Waals surface area (Å²) in [6, 6.07) is 13.7. The van der Waals surface area contributed by atoms with Crippen LogP contribution in [0.2, 0.25) is 0 Å². The van der Waals surface area contributed by atoms with Crippen molar-refractivity contribution in [3.63, 3.8) is 0 Å². The molecule has 1 atom stereocenters. The second-order valence-corrected chi connectivity index (χ2v) is 7.55. The van der Waals surface area contributed by atoms with Gasteiger partial charge in [0.2, 0.25) is 0 Å². The molecule has 0 fully saturated rings. The molecule has 0 aliphatic rings. The molecule has 0 bridgehead atoms. The van der Waals surface area contributed by atoms with E-state index in [1.807, 2.05) is 59.3 Å². The van der Waals surface area contributed by atoms with Crippen LogP contribution in [0.1, 0.15) is 42.2 Å². The summed E-state index contributed by atoms with van der Waals surface area (Å²) in [5.41, 5.74) is 8.44. The van der Waals surface area contributed by atoms with Crippen molar-refractivity contribution in [1.29, 1.82) is 0 Å². The van der Waals surface area contributed by atoms with Gasteiger partial charge in [-0.2, -0.15) is 0 Å². The van der Waals surface area contributed by atoms with Gasteiger partial charge in [-0.1, -0.05) is 38.0 Å². The topological polar surface area (TPSA) is 72.4 Å². The summed E-state index contributed by atoms with van der Waals surface area (Å²) in [7, 11) is 0. The van der Waals surface area contributed by atoms with Gasteiger partial charge in [-0.25, -0.2) is 4.98 Å². The minimum Gasteiger partial charge on any atom is -0.348 e. The largest absolute Gasteiger partial charge is 0.348 e. The Bertz CT molecular complexity index is 860. The highest BCUT2D eigenvalue weighted by Gasteiger charge is 2.15. The van der Waals surface area contributed by atoms with Crippen LogP contribution in [-0.4, -0.2) is 27.9 Å². The van der Waals surface area contributed by atoms with Crippen molar-refractivity contribution >= 4 is 23.3 Å². The fourth-order valence-electron chi connectivity index (χ4n) is 2.95. The molecule has 0 aliphatic heterocycles. The van der Waals surface area contributed by atoms with Gasteiger partial charge in [0.1, 0.15) is 5.65 Å². The normalized spacial score (nSPS) is 12.2. The Labute approximate surface area is 164 Å². The maximum atomic E-state index is 12.8. The van der Waals surface area contributed by atoms with Gasteiger partial charge in [0.25, 0.3) is 5.91 Å². The summed E-state index contributed by atoms with van der Waals surface area (Å²) in [5.74, 6) is 0.655. The number of nitrogens with one attached hydrogen (secondary N) is 1. The molecule has 0 radical (unpaired) electrons. The van der Waals surface area contributed by atoms with Crippen LogP contribution in [0.15, 0.2) is 59.8 Å². The first kappa shape index (κ1) is 19.5. The number of imidazole rings is 1. The highest BCUT2D eigenvalue weighted by molar-refractivity contribution is 7.98. The molecule has 5 nitrogen and oxygen atoms in total. The quantitative estimate of drug-likeness (QED) is 0.551. The van der Waals surface area contributed by atoms with Crippen molar-refractivity contribution in [1.82, 2.24) is 14.7 Å². The molecule has 142 valence electrons. The van der Waals surface area contributed by atoms with E-state index in [-0.39, 0.29) is 11.9 Å². The van der Waals surface area contributed by atoms with E-state index in [9.17, 15) is 4.79 Å². The van der Waals surface area contributed by atoms with E-state index in [0.717, 1.165) is 35.5 Å². The lowest BCUT2D eigenvalue weighted by Gasteiger charge is -2.17. The first-order valence-electron chi connectivity index (χ1n) is 9.36. The van der Waals surface area contributed by atoms with Crippen LogP contribution in [0, 0.1) is 0 Å². The number of carbonyl (C=O) groups is 1. The van der Waals surface area contributed by atoms with Crippen molar-refractivity contribution in [2.24, 2.45) is 5.73 Å². The van der Waals surface area contributed by atoms with E-state index >= 15 is 0 Å². The number of amides is 1. The summed E-state index contributed by atoms with van der Waals surface area (Å²) in [6.07, 6.45) is 7.08. The van der Waals surface area contributed by atoms with E-state index in [2.05, 4.69) is 17.2 Å². The molecular weight excluding hydrogens is 356 g/mol. The number of hydrogen-bond donors (Lipinski definition) is 2. The lowest BCUT2D eigenvalue weighted by molar-refractivity contribution is 0.0933.